The molecule has 0 bridgehead atoms. The van der Waals surface area contributed by atoms with Gasteiger partial charge in [-0.05, 0) is 17.4 Å². The summed E-state index contributed by atoms with van der Waals surface area (Å²) in [5.41, 5.74) is 5.60. The van der Waals surface area contributed by atoms with E-state index in [2.05, 4.69) is 29.6 Å². The number of aromatic nitrogens is 2. The van der Waals surface area contributed by atoms with E-state index in [4.69, 9.17) is 5.73 Å². The Hall–Kier alpha value is -2.35. The van der Waals surface area contributed by atoms with Crippen LogP contribution in [0.1, 0.15) is 24.8 Å². The molecule has 2 rings (SSSR count). The summed E-state index contributed by atoms with van der Waals surface area (Å²) in [6, 6.07) is 3.59. The first kappa shape index (κ1) is 16.0. The number of urea groups is 1. The lowest BCUT2D eigenvalue weighted by Gasteiger charge is -2.21. The van der Waals surface area contributed by atoms with Crippen LogP contribution in [0.5, 0.6) is 0 Å². The number of nitrogens with zero attached hydrogens (tertiary/aromatic N) is 2. The van der Waals surface area contributed by atoms with Gasteiger partial charge < -0.3 is 16.4 Å². The predicted octanol–water partition coefficient (Wildman–Crippen LogP) is 1.95. The van der Waals surface area contributed by atoms with Gasteiger partial charge in [-0.1, -0.05) is 19.9 Å². The van der Waals surface area contributed by atoms with Gasteiger partial charge in [0.05, 0.1) is 17.9 Å². The molecule has 0 unspecified atom stereocenters. The summed E-state index contributed by atoms with van der Waals surface area (Å²) in [5.74, 6) is -0.223. The monoisotopic (exact) mass is 321 g/mol. The number of primary amides is 1. The maximum Gasteiger partial charge on any atom is 0.319 e. The van der Waals surface area contributed by atoms with Gasteiger partial charge in [0.2, 0.25) is 5.91 Å². The van der Waals surface area contributed by atoms with Crippen molar-refractivity contribution in [2.24, 2.45) is 11.7 Å². The van der Waals surface area contributed by atoms with Crippen LogP contribution >= 0.6 is 11.3 Å². The molecule has 2 aromatic heterocycles. The fourth-order valence-electron chi connectivity index (χ4n) is 2.02. The number of hydrogen-bond acceptors (Lipinski definition) is 4. The lowest BCUT2D eigenvalue weighted by atomic mass is 10.0. The van der Waals surface area contributed by atoms with Crippen LogP contribution in [0, 0.1) is 5.92 Å². The third-order valence-electron chi connectivity index (χ3n) is 3.01. The van der Waals surface area contributed by atoms with Crippen LogP contribution < -0.4 is 16.4 Å². The number of thiophene rings is 1. The van der Waals surface area contributed by atoms with Crippen molar-refractivity contribution in [3.05, 3.63) is 34.8 Å². The lowest BCUT2D eigenvalue weighted by Crippen LogP contribution is -2.34. The first-order valence-electron chi connectivity index (χ1n) is 6.87. The first-order chi connectivity index (χ1) is 10.5. The van der Waals surface area contributed by atoms with E-state index >= 15 is 0 Å². The summed E-state index contributed by atoms with van der Waals surface area (Å²) < 4.78 is 1.37. The highest BCUT2D eigenvalue weighted by Crippen LogP contribution is 2.25. The maximum atomic E-state index is 12.1. The first-order valence-corrected chi connectivity index (χ1v) is 7.75. The fourth-order valence-corrected chi connectivity index (χ4v) is 2.97. The summed E-state index contributed by atoms with van der Waals surface area (Å²) in [6.45, 7) is 4.08. The smallest absolute Gasteiger partial charge is 0.319 e. The molecule has 0 radical (unpaired) electrons. The number of nitrogens with two attached hydrogens (primary N) is 1. The average Bonchev–Trinajstić information content (AvgIpc) is 3.07. The molecule has 118 valence electrons. The molecule has 0 aliphatic rings. The molecule has 8 heteroatoms. The van der Waals surface area contributed by atoms with Crippen LogP contribution in [0.3, 0.4) is 0 Å². The molecule has 1 atom stereocenters. The topological polar surface area (TPSA) is 102 Å². The molecule has 2 heterocycles. The van der Waals surface area contributed by atoms with E-state index < -0.39 is 5.91 Å². The summed E-state index contributed by atoms with van der Waals surface area (Å²) in [6.07, 6.45) is 3.03. The summed E-state index contributed by atoms with van der Waals surface area (Å²) in [5, 5.41) is 11.6. The highest BCUT2D eigenvalue weighted by Gasteiger charge is 2.19. The number of amides is 3. The van der Waals surface area contributed by atoms with E-state index in [1.54, 1.807) is 17.5 Å². The number of hydrogen-bond donors (Lipinski definition) is 3. The molecule has 0 saturated heterocycles. The quantitative estimate of drug-likeness (QED) is 0.757. The van der Waals surface area contributed by atoms with Crippen LogP contribution in [0.25, 0.3) is 0 Å². The second kappa shape index (κ2) is 7.08. The Balaban J connectivity index is 1.96. The van der Waals surface area contributed by atoms with Crippen molar-refractivity contribution in [3.8, 4) is 0 Å². The predicted molar refractivity (Wildman–Crippen MR) is 85.5 cm³/mol. The molecule has 0 fully saturated rings. The van der Waals surface area contributed by atoms with Gasteiger partial charge in [0.25, 0.3) is 0 Å². The van der Waals surface area contributed by atoms with Crippen molar-refractivity contribution >= 4 is 29.0 Å². The van der Waals surface area contributed by atoms with E-state index in [1.807, 2.05) is 17.5 Å². The Kier molecular flexibility index (Phi) is 5.16. The van der Waals surface area contributed by atoms with Crippen LogP contribution in [0.4, 0.5) is 10.5 Å². The second-order valence-electron chi connectivity index (χ2n) is 5.23. The van der Waals surface area contributed by atoms with Gasteiger partial charge in [-0.2, -0.15) is 5.10 Å². The van der Waals surface area contributed by atoms with E-state index in [-0.39, 0.29) is 24.5 Å². The molecule has 3 amide bonds. The van der Waals surface area contributed by atoms with Gasteiger partial charge in [0, 0.05) is 11.1 Å². The van der Waals surface area contributed by atoms with Crippen LogP contribution in [-0.4, -0.2) is 21.7 Å². The number of carbonyl (C=O) groups excluding carboxylic acids is 2. The molecule has 0 aliphatic carbocycles. The average molecular weight is 321 g/mol. The maximum absolute atomic E-state index is 12.1. The third kappa shape index (κ3) is 4.32. The number of nitrogens with one attached hydrogen (secondary N) is 2. The largest absolute Gasteiger partial charge is 0.368 e. The number of anilines is 1. The van der Waals surface area contributed by atoms with Gasteiger partial charge in [-0.3, -0.25) is 9.48 Å². The molecule has 0 saturated carbocycles. The zero-order valence-corrected chi connectivity index (χ0v) is 13.3. The van der Waals surface area contributed by atoms with Crippen LogP contribution in [0.2, 0.25) is 0 Å². The highest BCUT2D eigenvalue weighted by molar-refractivity contribution is 7.10. The zero-order valence-electron chi connectivity index (χ0n) is 12.4. The molecule has 22 heavy (non-hydrogen) atoms. The molecular formula is C14H19N5O2S. The van der Waals surface area contributed by atoms with Crippen molar-refractivity contribution in [3.63, 3.8) is 0 Å². The molecule has 4 N–H and O–H groups in total. The third-order valence-corrected chi connectivity index (χ3v) is 3.97. The summed E-state index contributed by atoms with van der Waals surface area (Å²) >= 11 is 1.61. The molecule has 0 aromatic carbocycles. The van der Waals surface area contributed by atoms with E-state index in [9.17, 15) is 9.59 Å². The van der Waals surface area contributed by atoms with Crippen molar-refractivity contribution in [2.75, 3.05) is 5.32 Å². The van der Waals surface area contributed by atoms with E-state index in [1.165, 1.54) is 10.9 Å². The number of carbonyl (C=O) groups is 2. The molecular weight excluding hydrogens is 302 g/mol. The highest BCUT2D eigenvalue weighted by atomic mass is 32.1. The molecule has 7 nitrogen and oxygen atoms in total. The Bertz CT molecular complexity index is 635. The SMILES string of the molecule is CC(C)[C@@H](NC(=O)Nc1cnn(CC(N)=O)c1)c1cccs1. The van der Waals surface area contributed by atoms with Crippen molar-refractivity contribution in [2.45, 2.75) is 26.4 Å². The Labute approximate surface area is 132 Å². The minimum Gasteiger partial charge on any atom is -0.368 e. The zero-order chi connectivity index (χ0) is 16.1. The van der Waals surface area contributed by atoms with Crippen molar-refractivity contribution in [1.82, 2.24) is 15.1 Å². The van der Waals surface area contributed by atoms with Crippen molar-refractivity contribution in [1.29, 1.82) is 0 Å². The van der Waals surface area contributed by atoms with Gasteiger partial charge in [-0.15, -0.1) is 11.3 Å². The van der Waals surface area contributed by atoms with Gasteiger partial charge >= 0.3 is 6.03 Å². The van der Waals surface area contributed by atoms with Crippen LogP contribution in [-0.2, 0) is 11.3 Å². The summed E-state index contributed by atoms with van der Waals surface area (Å²) in [4.78, 5) is 24.0. The van der Waals surface area contributed by atoms with E-state index in [0.717, 1.165) is 4.88 Å². The Morgan fingerprint density at radius 1 is 1.45 bits per heavy atom. The van der Waals surface area contributed by atoms with Gasteiger partial charge in [0.1, 0.15) is 6.54 Å². The summed E-state index contributed by atoms with van der Waals surface area (Å²) in [7, 11) is 0. The van der Waals surface area contributed by atoms with Crippen molar-refractivity contribution < 1.29 is 9.59 Å². The second-order valence-corrected chi connectivity index (χ2v) is 6.21. The fraction of sp³-hybridized carbons (Fsp3) is 0.357. The molecule has 2 aromatic rings. The van der Waals surface area contributed by atoms with E-state index in [0.29, 0.717) is 5.69 Å². The standard InChI is InChI=1S/C14H19N5O2S/c1-9(2)13(11-4-3-5-22-11)18-14(21)17-10-6-16-19(7-10)8-12(15)20/h3-7,9,13H,8H2,1-2H3,(H2,15,20)(H2,17,18,21)/t13-/m1/s1. The minimum atomic E-state index is -0.489. The normalized spacial score (nSPS) is 12.1. The lowest BCUT2D eigenvalue weighted by molar-refractivity contribution is -0.118. The Morgan fingerprint density at radius 3 is 2.82 bits per heavy atom. The molecule has 0 spiro atoms. The Morgan fingerprint density at radius 2 is 2.23 bits per heavy atom. The molecule has 0 aliphatic heterocycles. The minimum absolute atomic E-state index is 0.0207. The van der Waals surface area contributed by atoms with Gasteiger partial charge in [-0.25, -0.2) is 4.79 Å². The van der Waals surface area contributed by atoms with Crippen LogP contribution in [0.15, 0.2) is 29.9 Å². The van der Waals surface area contributed by atoms with Gasteiger partial charge in [0.15, 0.2) is 0 Å². The number of rotatable bonds is 6.